The first-order valence-electron chi connectivity index (χ1n) is 5.26. The number of hydrogen-bond donors (Lipinski definition) is 1. The Hall–Kier alpha value is -1.05. The number of nitrogens with one attached hydrogen (secondary N) is 1. The fourth-order valence-electron chi connectivity index (χ4n) is 2.34. The number of fused-ring (bicyclic) bond motifs is 1. The van der Waals surface area contributed by atoms with Crippen LogP contribution in [-0.2, 0) is 12.8 Å². The molecule has 76 valence electrons. The van der Waals surface area contributed by atoms with Crippen molar-refractivity contribution in [3.63, 3.8) is 0 Å². The van der Waals surface area contributed by atoms with Gasteiger partial charge in [0.2, 0.25) is 0 Å². The van der Waals surface area contributed by atoms with Gasteiger partial charge in [0.15, 0.2) is 5.78 Å². The lowest BCUT2D eigenvalue weighted by molar-refractivity contribution is 0.0911. The number of aromatic amines is 1. The monoisotopic (exact) mass is 191 g/mol. The SMILES string of the molecule is CCc1c[nH]c2c1C(=O)CC(C)(C)C2. The van der Waals surface area contributed by atoms with Crippen LogP contribution in [0.15, 0.2) is 6.20 Å². The lowest BCUT2D eigenvalue weighted by atomic mass is 9.75. The van der Waals surface area contributed by atoms with Gasteiger partial charge >= 0.3 is 0 Å². The van der Waals surface area contributed by atoms with Gasteiger partial charge in [0, 0.05) is 23.9 Å². The summed E-state index contributed by atoms with van der Waals surface area (Å²) in [6.45, 7) is 6.40. The van der Waals surface area contributed by atoms with E-state index in [0.29, 0.717) is 12.2 Å². The highest BCUT2D eigenvalue weighted by Crippen LogP contribution is 2.35. The number of ketones is 1. The first-order valence-corrected chi connectivity index (χ1v) is 5.26. The number of carbonyl (C=O) groups is 1. The minimum Gasteiger partial charge on any atom is -0.364 e. The van der Waals surface area contributed by atoms with Crippen LogP contribution < -0.4 is 0 Å². The summed E-state index contributed by atoms with van der Waals surface area (Å²) < 4.78 is 0. The maximum atomic E-state index is 11.9. The predicted molar refractivity (Wildman–Crippen MR) is 56.6 cm³/mol. The van der Waals surface area contributed by atoms with Crippen molar-refractivity contribution in [1.29, 1.82) is 0 Å². The summed E-state index contributed by atoms with van der Waals surface area (Å²) >= 11 is 0. The van der Waals surface area contributed by atoms with Crippen LogP contribution in [0.4, 0.5) is 0 Å². The number of Topliss-reactive ketones (excluding diaryl/α,β-unsaturated/α-hetero) is 1. The second-order valence-corrected chi connectivity index (χ2v) is 4.96. The Kier molecular flexibility index (Phi) is 2.02. The number of carbonyl (C=O) groups excluding carboxylic acids is 1. The van der Waals surface area contributed by atoms with Gasteiger partial charge in [-0.15, -0.1) is 0 Å². The Labute approximate surface area is 84.7 Å². The van der Waals surface area contributed by atoms with E-state index >= 15 is 0 Å². The third-order valence-corrected chi connectivity index (χ3v) is 3.00. The molecule has 1 heterocycles. The molecule has 0 saturated heterocycles. The van der Waals surface area contributed by atoms with E-state index in [9.17, 15) is 4.79 Å². The first kappa shape index (κ1) is 9.50. The van der Waals surface area contributed by atoms with Crippen LogP contribution in [-0.4, -0.2) is 10.8 Å². The van der Waals surface area contributed by atoms with Gasteiger partial charge in [-0.25, -0.2) is 0 Å². The summed E-state index contributed by atoms with van der Waals surface area (Å²) in [6, 6.07) is 0. The third kappa shape index (κ3) is 1.39. The van der Waals surface area contributed by atoms with Crippen molar-refractivity contribution in [2.24, 2.45) is 5.41 Å². The van der Waals surface area contributed by atoms with Crippen molar-refractivity contribution in [2.75, 3.05) is 0 Å². The number of rotatable bonds is 1. The molecule has 0 bridgehead atoms. The second kappa shape index (κ2) is 2.97. The molecule has 1 aliphatic rings. The molecule has 0 aliphatic heterocycles. The Bertz CT molecular complexity index is 374. The average molecular weight is 191 g/mol. The molecule has 2 rings (SSSR count). The maximum Gasteiger partial charge on any atom is 0.165 e. The van der Waals surface area contributed by atoms with Crippen LogP contribution in [0.3, 0.4) is 0 Å². The van der Waals surface area contributed by atoms with Crippen LogP contribution in [0.25, 0.3) is 0 Å². The predicted octanol–water partition coefficient (Wildman–Crippen LogP) is 2.73. The van der Waals surface area contributed by atoms with Gasteiger partial charge in [0.05, 0.1) is 0 Å². The van der Waals surface area contributed by atoms with Crippen LogP contribution in [0.5, 0.6) is 0 Å². The average Bonchev–Trinajstić information content (AvgIpc) is 2.44. The van der Waals surface area contributed by atoms with Crippen molar-refractivity contribution in [1.82, 2.24) is 4.98 Å². The van der Waals surface area contributed by atoms with Crippen LogP contribution in [0, 0.1) is 5.41 Å². The highest BCUT2D eigenvalue weighted by Gasteiger charge is 2.33. The summed E-state index contributed by atoms with van der Waals surface area (Å²) in [5.74, 6) is 0.314. The smallest absolute Gasteiger partial charge is 0.165 e. The van der Waals surface area contributed by atoms with Crippen molar-refractivity contribution < 1.29 is 4.79 Å². The molecule has 0 spiro atoms. The molecule has 0 fully saturated rings. The molecule has 0 saturated carbocycles. The topological polar surface area (TPSA) is 32.9 Å². The number of H-pyrrole nitrogens is 1. The molecule has 1 N–H and O–H groups in total. The molecule has 14 heavy (non-hydrogen) atoms. The molecule has 0 amide bonds. The zero-order valence-electron chi connectivity index (χ0n) is 9.11. The van der Waals surface area contributed by atoms with E-state index in [1.807, 2.05) is 6.20 Å². The standard InChI is InChI=1S/C12H17NO/c1-4-8-7-13-9-5-12(2,3)6-10(14)11(8)9/h7,13H,4-6H2,1-3H3. The largest absolute Gasteiger partial charge is 0.364 e. The van der Waals surface area contributed by atoms with Crippen molar-refractivity contribution in [2.45, 2.75) is 40.0 Å². The minimum absolute atomic E-state index is 0.125. The van der Waals surface area contributed by atoms with E-state index < -0.39 is 0 Å². The Morgan fingerprint density at radius 3 is 2.79 bits per heavy atom. The lowest BCUT2D eigenvalue weighted by Gasteiger charge is -2.28. The molecule has 1 aromatic heterocycles. The van der Waals surface area contributed by atoms with Gasteiger partial charge in [-0.2, -0.15) is 0 Å². The Balaban J connectivity index is 2.47. The normalized spacial score (nSPS) is 19.5. The van der Waals surface area contributed by atoms with Gasteiger partial charge in [0.1, 0.15) is 0 Å². The number of hydrogen-bond acceptors (Lipinski definition) is 1. The summed E-state index contributed by atoms with van der Waals surface area (Å²) in [5, 5.41) is 0. The van der Waals surface area contributed by atoms with Crippen LogP contribution in [0.2, 0.25) is 0 Å². The van der Waals surface area contributed by atoms with Crippen LogP contribution in [0.1, 0.15) is 48.8 Å². The Morgan fingerprint density at radius 2 is 2.14 bits per heavy atom. The lowest BCUT2D eigenvalue weighted by Crippen LogP contribution is -2.27. The Morgan fingerprint density at radius 1 is 1.43 bits per heavy atom. The van der Waals surface area contributed by atoms with E-state index in [2.05, 4.69) is 25.8 Å². The zero-order valence-corrected chi connectivity index (χ0v) is 9.11. The highest BCUT2D eigenvalue weighted by molar-refractivity contribution is 6.00. The molecule has 1 aromatic rings. The van der Waals surface area contributed by atoms with Gasteiger partial charge in [-0.3, -0.25) is 4.79 Å². The zero-order chi connectivity index (χ0) is 10.3. The van der Waals surface area contributed by atoms with Gasteiger partial charge in [-0.05, 0) is 23.8 Å². The molecule has 1 aliphatic carbocycles. The molecule has 0 unspecified atom stereocenters. The molecule has 0 radical (unpaired) electrons. The van der Waals surface area contributed by atoms with E-state index in [0.717, 1.165) is 24.1 Å². The third-order valence-electron chi connectivity index (χ3n) is 3.00. The second-order valence-electron chi connectivity index (χ2n) is 4.96. The fraction of sp³-hybridized carbons (Fsp3) is 0.583. The first-order chi connectivity index (χ1) is 6.53. The quantitative estimate of drug-likeness (QED) is 0.727. The number of aromatic nitrogens is 1. The van der Waals surface area contributed by atoms with Crippen molar-refractivity contribution >= 4 is 5.78 Å². The summed E-state index contributed by atoms with van der Waals surface area (Å²) in [4.78, 5) is 15.2. The molecular formula is C12H17NO. The van der Waals surface area contributed by atoms with Gasteiger partial charge in [0.25, 0.3) is 0 Å². The molecule has 2 nitrogen and oxygen atoms in total. The summed E-state index contributed by atoms with van der Waals surface area (Å²) in [6.07, 6.45) is 4.61. The molecule has 0 aromatic carbocycles. The van der Waals surface area contributed by atoms with Gasteiger partial charge in [-0.1, -0.05) is 20.8 Å². The van der Waals surface area contributed by atoms with E-state index in [4.69, 9.17) is 0 Å². The van der Waals surface area contributed by atoms with Crippen molar-refractivity contribution in [3.05, 3.63) is 23.0 Å². The minimum atomic E-state index is 0.125. The molecular weight excluding hydrogens is 174 g/mol. The highest BCUT2D eigenvalue weighted by atomic mass is 16.1. The molecule has 2 heteroatoms. The van der Waals surface area contributed by atoms with E-state index in [1.54, 1.807) is 0 Å². The summed E-state index contributed by atoms with van der Waals surface area (Å²) in [5.41, 5.74) is 3.43. The van der Waals surface area contributed by atoms with Crippen molar-refractivity contribution in [3.8, 4) is 0 Å². The van der Waals surface area contributed by atoms with E-state index in [-0.39, 0.29) is 5.41 Å². The molecule has 0 atom stereocenters. The number of aryl methyl sites for hydroxylation is 1. The fourth-order valence-corrected chi connectivity index (χ4v) is 2.34. The van der Waals surface area contributed by atoms with Gasteiger partial charge < -0.3 is 4.98 Å². The summed E-state index contributed by atoms with van der Waals surface area (Å²) in [7, 11) is 0. The van der Waals surface area contributed by atoms with E-state index in [1.165, 1.54) is 5.56 Å². The maximum absolute atomic E-state index is 11.9. The van der Waals surface area contributed by atoms with Crippen LogP contribution >= 0.6 is 0 Å².